The Hall–Kier alpha value is -0.570. The summed E-state index contributed by atoms with van der Waals surface area (Å²) < 4.78 is 7.37. The standard InChI is InChI=1S/C15H18S.C5H11ClNOP/c1-3-16(2,14-10-6-4-7-11-14)15-12-8-5-9-13-15;1-2-3-7-4-5-8-9(7)6/h4-13H,3H2,1-2H3;2-5H2,1H3. The molecular weight excluding hydrogens is 369 g/mol. The zero-order chi connectivity index (χ0) is 18.1. The lowest BCUT2D eigenvalue weighted by Gasteiger charge is -2.35. The van der Waals surface area contributed by atoms with Crippen LogP contribution in [0.3, 0.4) is 0 Å². The van der Waals surface area contributed by atoms with Gasteiger partial charge in [0.05, 0.1) is 6.61 Å². The molecule has 1 atom stereocenters. The zero-order valence-corrected chi connectivity index (χ0v) is 17.9. The quantitative estimate of drug-likeness (QED) is 0.517. The van der Waals surface area contributed by atoms with Gasteiger partial charge in [0.15, 0.2) is 0 Å². The maximum atomic E-state index is 5.83. The Bertz CT molecular complexity index is 574. The maximum Gasteiger partial charge on any atom is 0.206 e. The average molecular weight is 398 g/mol. The molecule has 0 N–H and O–H groups in total. The molecule has 25 heavy (non-hydrogen) atoms. The molecule has 0 bridgehead atoms. The fraction of sp³-hybridized carbons (Fsp3) is 0.400. The Kier molecular flexibility index (Phi) is 8.75. The summed E-state index contributed by atoms with van der Waals surface area (Å²) in [5.74, 6) is 1.20. The second kappa shape index (κ2) is 10.5. The lowest BCUT2D eigenvalue weighted by Crippen LogP contribution is -2.13. The Labute approximate surface area is 160 Å². The van der Waals surface area contributed by atoms with Crippen LogP contribution in [0.15, 0.2) is 70.5 Å². The van der Waals surface area contributed by atoms with E-state index in [4.69, 9.17) is 15.8 Å². The summed E-state index contributed by atoms with van der Waals surface area (Å²) in [5, 5.41) is 0. The molecular formula is C20H29ClNOPS. The number of hydrogen-bond donors (Lipinski definition) is 0. The SMILES string of the molecule is CCCN1CCOP1Cl.CCS(C)(c1ccccc1)c1ccccc1. The van der Waals surface area contributed by atoms with E-state index in [1.54, 1.807) is 0 Å². The number of halogens is 1. The monoisotopic (exact) mass is 397 g/mol. The molecule has 0 radical (unpaired) electrons. The van der Waals surface area contributed by atoms with E-state index in [9.17, 15) is 0 Å². The van der Waals surface area contributed by atoms with Crippen molar-refractivity contribution in [2.24, 2.45) is 0 Å². The van der Waals surface area contributed by atoms with Crippen LogP contribution in [0.2, 0.25) is 0 Å². The molecule has 1 unspecified atom stereocenters. The smallest absolute Gasteiger partial charge is 0.206 e. The molecule has 1 aliphatic rings. The van der Waals surface area contributed by atoms with Gasteiger partial charge >= 0.3 is 0 Å². The first-order valence-corrected chi connectivity index (χ1v) is 13.1. The van der Waals surface area contributed by atoms with Crippen molar-refractivity contribution in [1.82, 2.24) is 4.67 Å². The highest BCUT2D eigenvalue weighted by Crippen LogP contribution is 2.58. The number of hydrogen-bond acceptors (Lipinski definition) is 2. The van der Waals surface area contributed by atoms with E-state index in [0.717, 1.165) is 26.1 Å². The number of benzene rings is 2. The largest absolute Gasteiger partial charge is 0.330 e. The Morgan fingerprint density at radius 3 is 1.88 bits per heavy atom. The van der Waals surface area contributed by atoms with Gasteiger partial charge in [-0.15, -0.1) is 0 Å². The minimum atomic E-state index is -0.834. The van der Waals surface area contributed by atoms with Gasteiger partial charge in [0.25, 0.3) is 0 Å². The molecule has 1 heterocycles. The van der Waals surface area contributed by atoms with E-state index in [1.807, 2.05) is 0 Å². The molecule has 0 amide bonds. The molecule has 0 spiro atoms. The summed E-state index contributed by atoms with van der Waals surface area (Å²) in [7, 11) is -1.56. The predicted molar refractivity (Wildman–Crippen MR) is 114 cm³/mol. The van der Waals surface area contributed by atoms with Crippen molar-refractivity contribution in [3.05, 3.63) is 60.7 Å². The molecule has 1 fully saturated rings. The van der Waals surface area contributed by atoms with Crippen LogP contribution in [0.4, 0.5) is 0 Å². The Balaban J connectivity index is 0.000000212. The molecule has 3 rings (SSSR count). The molecule has 2 aromatic carbocycles. The van der Waals surface area contributed by atoms with Gasteiger partial charge in [0, 0.05) is 13.1 Å². The summed E-state index contributed by atoms with van der Waals surface area (Å²) in [5.41, 5.74) is 0. The van der Waals surface area contributed by atoms with Crippen molar-refractivity contribution < 1.29 is 4.52 Å². The van der Waals surface area contributed by atoms with Crippen LogP contribution < -0.4 is 0 Å². The lowest BCUT2D eigenvalue weighted by molar-refractivity contribution is 0.393. The highest BCUT2D eigenvalue weighted by molar-refractivity contribution is 8.33. The minimum Gasteiger partial charge on any atom is -0.330 e. The first-order valence-electron chi connectivity index (χ1n) is 8.81. The van der Waals surface area contributed by atoms with E-state index in [-0.39, 0.29) is 0 Å². The van der Waals surface area contributed by atoms with Crippen LogP contribution in [0.1, 0.15) is 20.3 Å². The third kappa shape index (κ3) is 5.70. The van der Waals surface area contributed by atoms with E-state index in [2.05, 4.69) is 85.4 Å². The second-order valence-corrected chi connectivity index (χ2v) is 11.9. The molecule has 1 saturated heterocycles. The van der Waals surface area contributed by atoms with Gasteiger partial charge in [0.1, 0.15) is 0 Å². The fourth-order valence-corrected chi connectivity index (χ4v) is 6.85. The second-order valence-electron chi connectivity index (χ2n) is 6.02. The van der Waals surface area contributed by atoms with Crippen LogP contribution in [0.5, 0.6) is 0 Å². The first-order chi connectivity index (χ1) is 12.1. The van der Waals surface area contributed by atoms with Gasteiger partial charge in [-0.2, -0.15) is 10.0 Å². The summed E-state index contributed by atoms with van der Waals surface area (Å²) >= 11 is 5.83. The van der Waals surface area contributed by atoms with Crippen LogP contribution >= 0.6 is 28.9 Å². The normalized spacial score (nSPS) is 18.5. The third-order valence-corrected chi connectivity index (χ3v) is 10.3. The van der Waals surface area contributed by atoms with Crippen LogP contribution in [0.25, 0.3) is 0 Å². The van der Waals surface area contributed by atoms with E-state index in [1.165, 1.54) is 15.5 Å². The highest BCUT2D eigenvalue weighted by Gasteiger charge is 2.22. The number of rotatable bonds is 5. The van der Waals surface area contributed by atoms with Gasteiger partial charge in [0.2, 0.25) is 7.65 Å². The summed E-state index contributed by atoms with van der Waals surface area (Å²) in [6.45, 7) is 7.35. The Morgan fingerprint density at radius 1 is 1.00 bits per heavy atom. The van der Waals surface area contributed by atoms with Gasteiger partial charge in [-0.05, 0) is 63.7 Å². The van der Waals surface area contributed by atoms with E-state index >= 15 is 0 Å². The zero-order valence-electron chi connectivity index (χ0n) is 15.4. The van der Waals surface area contributed by atoms with E-state index < -0.39 is 17.7 Å². The molecule has 5 heteroatoms. The summed E-state index contributed by atoms with van der Waals surface area (Å²) in [4.78, 5) is 2.95. The number of nitrogens with zero attached hydrogens (tertiary/aromatic N) is 1. The Morgan fingerprint density at radius 2 is 1.52 bits per heavy atom. The molecule has 2 aromatic rings. The highest BCUT2D eigenvalue weighted by atomic mass is 35.7. The van der Waals surface area contributed by atoms with Crippen molar-refractivity contribution in [2.45, 2.75) is 30.1 Å². The molecule has 0 aromatic heterocycles. The van der Waals surface area contributed by atoms with Gasteiger partial charge < -0.3 is 4.52 Å². The van der Waals surface area contributed by atoms with Crippen molar-refractivity contribution in [2.75, 3.05) is 31.7 Å². The van der Waals surface area contributed by atoms with Crippen LogP contribution in [-0.2, 0) is 4.52 Å². The van der Waals surface area contributed by atoms with Crippen molar-refractivity contribution in [3.63, 3.8) is 0 Å². The van der Waals surface area contributed by atoms with Crippen molar-refractivity contribution in [1.29, 1.82) is 0 Å². The topological polar surface area (TPSA) is 12.5 Å². The fourth-order valence-electron chi connectivity index (χ4n) is 2.74. The maximum absolute atomic E-state index is 5.83. The predicted octanol–water partition coefficient (Wildman–Crippen LogP) is 6.75. The van der Waals surface area contributed by atoms with Gasteiger partial charge in [-0.25, -0.2) is 4.67 Å². The minimum absolute atomic E-state index is 0.729. The lowest BCUT2D eigenvalue weighted by atomic mass is 10.4. The van der Waals surface area contributed by atoms with Crippen LogP contribution in [-0.4, -0.2) is 36.4 Å². The van der Waals surface area contributed by atoms with Gasteiger partial charge in [-0.1, -0.05) is 50.2 Å². The third-order valence-electron chi connectivity index (χ3n) is 4.36. The van der Waals surface area contributed by atoms with Gasteiger partial charge in [-0.3, -0.25) is 0 Å². The molecule has 1 aliphatic heterocycles. The average Bonchev–Trinajstić information content (AvgIpc) is 3.08. The summed E-state index contributed by atoms with van der Waals surface area (Å²) in [6, 6.07) is 21.8. The molecule has 2 nitrogen and oxygen atoms in total. The van der Waals surface area contributed by atoms with Crippen LogP contribution in [0, 0.1) is 0 Å². The molecule has 0 saturated carbocycles. The molecule has 138 valence electrons. The van der Waals surface area contributed by atoms with Crippen molar-refractivity contribution in [3.8, 4) is 0 Å². The summed E-state index contributed by atoms with van der Waals surface area (Å²) in [6.07, 6.45) is 3.56. The van der Waals surface area contributed by atoms with Crippen molar-refractivity contribution >= 4 is 28.9 Å². The molecule has 0 aliphatic carbocycles. The first kappa shape index (κ1) is 20.7. The van der Waals surface area contributed by atoms with E-state index in [0.29, 0.717) is 0 Å².